The number of rotatable bonds is 7. The van der Waals surface area contributed by atoms with Crippen LogP contribution in [0.4, 0.5) is 5.13 Å². The first-order chi connectivity index (χ1) is 14.1. The van der Waals surface area contributed by atoms with E-state index in [0.29, 0.717) is 17.2 Å². The van der Waals surface area contributed by atoms with E-state index in [4.69, 9.17) is 4.98 Å². The number of fused-ring (bicyclic) bond motifs is 1. The summed E-state index contributed by atoms with van der Waals surface area (Å²) in [5, 5.41) is 0.632. The lowest BCUT2D eigenvalue weighted by atomic mass is 10.1. The summed E-state index contributed by atoms with van der Waals surface area (Å²) in [5.41, 5.74) is 3.51. The molecule has 0 bridgehead atoms. The molecule has 3 aromatic rings. The van der Waals surface area contributed by atoms with Crippen LogP contribution in [0.1, 0.15) is 27.9 Å². The van der Waals surface area contributed by atoms with Crippen molar-refractivity contribution < 1.29 is 13.2 Å². The minimum Gasteiger partial charge on any atom is -0.309 e. The second-order valence-electron chi connectivity index (χ2n) is 7.76. The van der Waals surface area contributed by atoms with E-state index >= 15 is 0 Å². The maximum atomic E-state index is 13.4. The summed E-state index contributed by atoms with van der Waals surface area (Å²) < 4.78 is 24.9. The lowest BCUT2D eigenvalue weighted by molar-refractivity contribution is 0.0986. The van der Waals surface area contributed by atoms with Crippen LogP contribution in [0.2, 0.25) is 0 Å². The molecular weight excluding hydrogens is 454 g/mol. The number of nitrogens with zero attached hydrogens (tertiary/aromatic N) is 3. The third-order valence-electron chi connectivity index (χ3n) is 5.05. The lowest BCUT2D eigenvalue weighted by Crippen LogP contribution is -2.33. The number of aryl methyl sites for hydroxylation is 2. The van der Waals surface area contributed by atoms with Gasteiger partial charge in [0.25, 0.3) is 5.91 Å². The molecule has 168 valence electrons. The third-order valence-corrected chi connectivity index (χ3v) is 7.20. The number of sulfone groups is 1. The Morgan fingerprint density at radius 3 is 2.45 bits per heavy atom. The minimum absolute atomic E-state index is 0. The first-order valence-electron chi connectivity index (χ1n) is 9.71. The second kappa shape index (κ2) is 10.1. The van der Waals surface area contributed by atoms with Crippen LogP contribution < -0.4 is 4.90 Å². The summed E-state index contributed by atoms with van der Waals surface area (Å²) in [4.78, 5) is 22.1. The summed E-state index contributed by atoms with van der Waals surface area (Å²) in [6.07, 6.45) is 1.92. The summed E-state index contributed by atoms with van der Waals surface area (Å²) >= 11 is 1.48. The van der Waals surface area contributed by atoms with Crippen LogP contribution in [0.25, 0.3) is 10.2 Å². The van der Waals surface area contributed by atoms with Gasteiger partial charge in [-0.15, -0.1) is 12.4 Å². The number of benzene rings is 2. The van der Waals surface area contributed by atoms with E-state index < -0.39 is 9.84 Å². The van der Waals surface area contributed by atoms with E-state index in [9.17, 15) is 13.2 Å². The molecule has 0 saturated carbocycles. The predicted octanol–water partition coefficient (Wildman–Crippen LogP) is 4.34. The molecule has 6 nitrogen and oxygen atoms in total. The molecule has 31 heavy (non-hydrogen) atoms. The SMILES string of the molecule is Cc1ccc2sc(N(CCCN(C)C)C(=O)c3cccc(S(C)(=O)=O)c3)nc2c1C.Cl. The van der Waals surface area contributed by atoms with Crippen molar-refractivity contribution in [1.82, 2.24) is 9.88 Å². The van der Waals surface area contributed by atoms with Gasteiger partial charge >= 0.3 is 0 Å². The van der Waals surface area contributed by atoms with Gasteiger partial charge in [0.1, 0.15) is 0 Å². The van der Waals surface area contributed by atoms with Gasteiger partial charge in [0.15, 0.2) is 15.0 Å². The number of carbonyl (C=O) groups excluding carboxylic acids is 1. The Balaban J connectivity index is 0.00000341. The molecule has 1 aromatic heterocycles. The molecule has 0 unspecified atom stereocenters. The molecule has 0 radical (unpaired) electrons. The molecule has 0 aliphatic carbocycles. The monoisotopic (exact) mass is 481 g/mol. The average molecular weight is 482 g/mol. The smallest absolute Gasteiger partial charge is 0.260 e. The third kappa shape index (κ3) is 5.83. The van der Waals surface area contributed by atoms with Crippen LogP contribution in [0.5, 0.6) is 0 Å². The normalized spacial score (nSPS) is 11.5. The average Bonchev–Trinajstić information content (AvgIpc) is 3.11. The Morgan fingerprint density at radius 1 is 1.10 bits per heavy atom. The maximum Gasteiger partial charge on any atom is 0.260 e. The van der Waals surface area contributed by atoms with E-state index in [0.717, 1.165) is 40.6 Å². The minimum atomic E-state index is -3.40. The van der Waals surface area contributed by atoms with E-state index in [2.05, 4.69) is 11.0 Å². The Labute approximate surface area is 194 Å². The molecule has 3 rings (SSSR count). The molecule has 0 N–H and O–H groups in total. The molecular formula is C22H28ClN3O3S2. The number of hydrogen-bond acceptors (Lipinski definition) is 6. The highest BCUT2D eigenvalue weighted by Gasteiger charge is 2.23. The van der Waals surface area contributed by atoms with Crippen molar-refractivity contribution in [3.05, 3.63) is 53.1 Å². The largest absolute Gasteiger partial charge is 0.309 e. The topological polar surface area (TPSA) is 70.6 Å². The van der Waals surface area contributed by atoms with Gasteiger partial charge in [-0.3, -0.25) is 9.69 Å². The highest BCUT2D eigenvalue weighted by Crippen LogP contribution is 2.33. The summed E-state index contributed by atoms with van der Waals surface area (Å²) in [7, 11) is 0.585. The van der Waals surface area contributed by atoms with Gasteiger partial charge in [-0.1, -0.05) is 23.5 Å². The first kappa shape index (κ1) is 25.3. The number of thiazole rings is 1. The molecule has 0 fully saturated rings. The van der Waals surface area contributed by atoms with Crippen LogP contribution in [0.15, 0.2) is 41.3 Å². The van der Waals surface area contributed by atoms with Gasteiger partial charge in [-0.25, -0.2) is 13.4 Å². The van der Waals surface area contributed by atoms with Gasteiger partial charge < -0.3 is 4.90 Å². The number of halogens is 1. The van der Waals surface area contributed by atoms with E-state index in [-0.39, 0.29) is 23.2 Å². The highest BCUT2D eigenvalue weighted by atomic mass is 35.5. The Hall–Kier alpha value is -2.00. The highest BCUT2D eigenvalue weighted by molar-refractivity contribution is 7.90. The molecule has 0 spiro atoms. The van der Waals surface area contributed by atoms with Crippen molar-refractivity contribution >= 4 is 54.8 Å². The zero-order chi connectivity index (χ0) is 22.1. The summed E-state index contributed by atoms with van der Waals surface area (Å²) in [6, 6.07) is 10.3. The van der Waals surface area contributed by atoms with Crippen LogP contribution in [-0.2, 0) is 9.84 Å². The fourth-order valence-corrected chi connectivity index (χ4v) is 4.89. The van der Waals surface area contributed by atoms with Gasteiger partial charge in [0.2, 0.25) is 0 Å². The molecule has 9 heteroatoms. The maximum absolute atomic E-state index is 13.4. The fraction of sp³-hybridized carbons (Fsp3) is 0.364. The second-order valence-corrected chi connectivity index (χ2v) is 10.8. The standard InChI is InChI=1S/C22H27N3O3S2.ClH/c1-15-10-11-19-20(16(15)2)23-22(29-19)25(13-7-12-24(3)4)21(26)17-8-6-9-18(14-17)30(5,27)28;/h6,8-11,14H,7,12-13H2,1-5H3;1H. The van der Waals surface area contributed by atoms with Crippen LogP contribution in [0, 0.1) is 13.8 Å². The van der Waals surface area contributed by atoms with Crippen molar-refractivity contribution in [3.63, 3.8) is 0 Å². The van der Waals surface area contributed by atoms with Crippen LogP contribution >= 0.6 is 23.7 Å². The van der Waals surface area contributed by atoms with Crippen molar-refractivity contribution in [3.8, 4) is 0 Å². The number of carbonyl (C=O) groups is 1. The number of aromatic nitrogens is 1. The fourth-order valence-electron chi connectivity index (χ4n) is 3.17. The van der Waals surface area contributed by atoms with Crippen molar-refractivity contribution in [2.75, 3.05) is 38.3 Å². The number of amides is 1. The quantitative estimate of drug-likeness (QED) is 0.502. The van der Waals surface area contributed by atoms with E-state index in [1.165, 1.54) is 23.5 Å². The molecule has 1 heterocycles. The molecule has 2 aromatic carbocycles. The van der Waals surface area contributed by atoms with Crippen molar-refractivity contribution in [2.24, 2.45) is 0 Å². The van der Waals surface area contributed by atoms with Gasteiger partial charge in [0, 0.05) is 18.4 Å². The van der Waals surface area contributed by atoms with Crippen LogP contribution in [-0.4, -0.2) is 57.6 Å². The molecule has 0 saturated heterocycles. The Bertz CT molecular complexity index is 1190. The van der Waals surface area contributed by atoms with Gasteiger partial charge in [-0.2, -0.15) is 0 Å². The first-order valence-corrected chi connectivity index (χ1v) is 12.4. The predicted molar refractivity (Wildman–Crippen MR) is 131 cm³/mol. The zero-order valence-corrected chi connectivity index (χ0v) is 20.8. The number of hydrogen-bond donors (Lipinski definition) is 0. The molecule has 0 atom stereocenters. The Kier molecular flexibility index (Phi) is 8.21. The molecule has 0 aliphatic rings. The molecule has 1 amide bonds. The number of anilines is 1. The van der Waals surface area contributed by atoms with E-state index in [1.807, 2.05) is 34.0 Å². The van der Waals surface area contributed by atoms with Gasteiger partial charge in [-0.05, 0) is 76.3 Å². The Morgan fingerprint density at radius 2 is 1.81 bits per heavy atom. The van der Waals surface area contributed by atoms with Crippen molar-refractivity contribution in [1.29, 1.82) is 0 Å². The summed E-state index contributed by atoms with van der Waals surface area (Å²) in [6.45, 7) is 5.41. The van der Waals surface area contributed by atoms with E-state index in [1.54, 1.807) is 17.0 Å². The molecule has 0 aliphatic heterocycles. The van der Waals surface area contributed by atoms with Crippen molar-refractivity contribution in [2.45, 2.75) is 25.2 Å². The summed E-state index contributed by atoms with van der Waals surface area (Å²) in [5.74, 6) is -0.243. The zero-order valence-electron chi connectivity index (χ0n) is 18.4. The van der Waals surface area contributed by atoms with Gasteiger partial charge in [0.05, 0.1) is 15.1 Å². The van der Waals surface area contributed by atoms with Crippen LogP contribution in [0.3, 0.4) is 0 Å². The lowest BCUT2D eigenvalue weighted by Gasteiger charge is -2.21.